The Morgan fingerprint density at radius 3 is 2.66 bits per heavy atom. The van der Waals surface area contributed by atoms with E-state index in [2.05, 4.69) is 35.2 Å². The number of fused-ring (bicyclic) bond motifs is 1. The molecule has 0 aliphatic carbocycles. The van der Waals surface area contributed by atoms with Crippen LogP contribution >= 0.6 is 11.6 Å². The van der Waals surface area contributed by atoms with Gasteiger partial charge in [-0.1, -0.05) is 24.6 Å². The summed E-state index contributed by atoms with van der Waals surface area (Å²) < 4.78 is 33.2. The number of sulfonamides is 1. The van der Waals surface area contributed by atoms with Crippen molar-refractivity contribution in [2.45, 2.75) is 31.7 Å². The van der Waals surface area contributed by atoms with Gasteiger partial charge in [0.2, 0.25) is 10.0 Å². The molecule has 2 aromatic carbocycles. The minimum atomic E-state index is -3.11. The van der Waals surface area contributed by atoms with Gasteiger partial charge in [0.05, 0.1) is 34.5 Å². The third-order valence-corrected chi connectivity index (χ3v) is 8.75. The van der Waals surface area contributed by atoms with Crippen molar-refractivity contribution in [2.24, 2.45) is 0 Å². The van der Waals surface area contributed by atoms with Crippen molar-refractivity contribution >= 4 is 32.5 Å². The second-order valence-electron chi connectivity index (χ2n) is 9.61. The van der Waals surface area contributed by atoms with Crippen molar-refractivity contribution in [2.75, 3.05) is 39.0 Å². The van der Waals surface area contributed by atoms with Crippen molar-refractivity contribution in [3.05, 3.63) is 58.7 Å². The average Bonchev–Trinajstić information content (AvgIpc) is 3.18. The lowest BCUT2D eigenvalue weighted by atomic mass is 9.80. The fourth-order valence-electron chi connectivity index (χ4n) is 5.31. The van der Waals surface area contributed by atoms with E-state index >= 15 is 0 Å². The Kier molecular flexibility index (Phi) is 6.30. The van der Waals surface area contributed by atoms with Crippen LogP contribution in [-0.2, 0) is 16.4 Å². The first-order chi connectivity index (χ1) is 16.7. The number of aromatic nitrogens is 1. The molecule has 2 fully saturated rings. The molecule has 0 radical (unpaired) electrons. The van der Waals surface area contributed by atoms with E-state index in [0.29, 0.717) is 29.5 Å². The van der Waals surface area contributed by atoms with Crippen LogP contribution in [0.4, 0.5) is 0 Å². The number of hydrogen-bond donors (Lipinski definition) is 0. The van der Waals surface area contributed by atoms with Crippen molar-refractivity contribution in [1.29, 1.82) is 5.26 Å². The number of benzene rings is 2. The van der Waals surface area contributed by atoms with E-state index in [1.807, 2.05) is 29.8 Å². The number of nitriles is 1. The Morgan fingerprint density at radius 1 is 1.20 bits per heavy atom. The van der Waals surface area contributed by atoms with Gasteiger partial charge < -0.3 is 9.30 Å². The van der Waals surface area contributed by atoms with Gasteiger partial charge in [-0.2, -0.15) is 9.57 Å². The van der Waals surface area contributed by atoms with Crippen LogP contribution in [-0.4, -0.2) is 66.8 Å². The predicted molar refractivity (Wildman–Crippen MR) is 138 cm³/mol. The summed E-state index contributed by atoms with van der Waals surface area (Å²) in [6, 6.07) is 14.3. The number of hydrogen-bond acceptors (Lipinski definition) is 5. The number of halogens is 1. The van der Waals surface area contributed by atoms with Gasteiger partial charge >= 0.3 is 0 Å². The largest absolute Gasteiger partial charge is 0.491 e. The highest BCUT2D eigenvalue weighted by Gasteiger charge is 2.56. The fraction of sp³-hybridized carbons (Fsp3) is 0.423. The highest BCUT2D eigenvalue weighted by molar-refractivity contribution is 7.88. The van der Waals surface area contributed by atoms with Crippen LogP contribution in [0, 0.1) is 11.3 Å². The average molecular weight is 513 g/mol. The first kappa shape index (κ1) is 24.1. The molecule has 1 spiro atoms. The molecular weight excluding hydrogens is 484 g/mol. The molecule has 2 aliphatic rings. The summed E-state index contributed by atoms with van der Waals surface area (Å²) in [6.07, 6.45) is 6.00. The Balaban J connectivity index is 1.28. The summed E-state index contributed by atoms with van der Waals surface area (Å²) in [5, 5.41) is 11.2. The van der Waals surface area contributed by atoms with Crippen molar-refractivity contribution in [3.63, 3.8) is 0 Å². The van der Waals surface area contributed by atoms with Gasteiger partial charge in [-0.25, -0.2) is 8.42 Å². The number of rotatable bonds is 8. The zero-order valence-electron chi connectivity index (χ0n) is 20.0. The molecule has 0 saturated carbocycles. The molecule has 7 nitrogen and oxygen atoms in total. The standard InChI is InChI=1S/C26H29ClN4O3S/c1-3-12-34-25-21(16-28)14-22(15-23(25)27)30-10-7-20-13-19(4-5-24(20)30)6-9-29-17-26(18-29)8-11-31(26)35(2,32)33/h4-5,7,10,13-15H,3,6,8-9,11-12,17-18H2,1-2H3. The van der Waals surface area contributed by atoms with Gasteiger partial charge in [0, 0.05) is 43.4 Å². The smallest absolute Gasteiger partial charge is 0.211 e. The maximum atomic E-state index is 11.9. The molecule has 3 heterocycles. The predicted octanol–water partition coefficient (Wildman–Crippen LogP) is 4.21. The van der Waals surface area contributed by atoms with Crippen molar-refractivity contribution in [1.82, 2.24) is 13.8 Å². The zero-order chi connectivity index (χ0) is 24.8. The first-order valence-corrected chi connectivity index (χ1v) is 14.1. The maximum Gasteiger partial charge on any atom is 0.211 e. The van der Waals surface area contributed by atoms with E-state index in [1.54, 1.807) is 4.31 Å². The third-order valence-electron chi connectivity index (χ3n) is 7.09. The van der Waals surface area contributed by atoms with Crippen LogP contribution in [0.5, 0.6) is 5.75 Å². The fourth-order valence-corrected chi connectivity index (χ4v) is 6.91. The van der Waals surface area contributed by atoms with Gasteiger partial charge in [0.1, 0.15) is 6.07 Å². The second kappa shape index (κ2) is 9.14. The lowest BCUT2D eigenvalue weighted by Crippen LogP contribution is -2.77. The van der Waals surface area contributed by atoms with Gasteiger partial charge in [0.25, 0.3) is 0 Å². The van der Waals surface area contributed by atoms with Crippen LogP contribution in [0.1, 0.15) is 30.9 Å². The Hall–Kier alpha value is -2.57. The van der Waals surface area contributed by atoms with E-state index in [0.717, 1.165) is 55.5 Å². The third kappa shape index (κ3) is 4.43. The summed E-state index contributed by atoms with van der Waals surface area (Å²) in [5.41, 5.74) is 3.36. The maximum absolute atomic E-state index is 11.9. The topological polar surface area (TPSA) is 78.6 Å². The summed E-state index contributed by atoms with van der Waals surface area (Å²) in [5.74, 6) is 0.438. The molecule has 0 bridgehead atoms. The Labute approximate surface area is 211 Å². The zero-order valence-corrected chi connectivity index (χ0v) is 21.6. The quantitative estimate of drug-likeness (QED) is 0.452. The normalized spacial score (nSPS) is 17.8. The molecule has 2 saturated heterocycles. The first-order valence-electron chi connectivity index (χ1n) is 11.9. The highest BCUT2D eigenvalue weighted by Crippen LogP contribution is 2.41. The SMILES string of the molecule is CCCOc1c(Cl)cc(-n2ccc3cc(CCN4CC5(CCN5S(C)(=O)=O)C4)ccc32)cc1C#N. The van der Waals surface area contributed by atoms with E-state index in [4.69, 9.17) is 16.3 Å². The summed E-state index contributed by atoms with van der Waals surface area (Å²) >= 11 is 6.47. The van der Waals surface area contributed by atoms with Gasteiger partial charge in [-0.3, -0.25) is 4.90 Å². The summed E-state index contributed by atoms with van der Waals surface area (Å²) in [6.45, 7) is 5.71. The van der Waals surface area contributed by atoms with Gasteiger partial charge in [-0.05, 0) is 55.2 Å². The molecule has 2 aliphatic heterocycles. The second-order valence-corrected chi connectivity index (χ2v) is 11.9. The molecule has 3 aromatic rings. The van der Waals surface area contributed by atoms with Gasteiger partial charge in [0.15, 0.2) is 5.75 Å². The molecule has 0 N–H and O–H groups in total. The molecule has 0 amide bonds. The molecule has 0 unspecified atom stereocenters. The number of ether oxygens (including phenoxy) is 1. The van der Waals surface area contributed by atoms with E-state index in [1.165, 1.54) is 11.8 Å². The van der Waals surface area contributed by atoms with Crippen molar-refractivity contribution < 1.29 is 13.2 Å². The van der Waals surface area contributed by atoms with Crippen LogP contribution in [0.3, 0.4) is 0 Å². The molecule has 35 heavy (non-hydrogen) atoms. The van der Waals surface area contributed by atoms with Crippen LogP contribution in [0.2, 0.25) is 5.02 Å². The van der Waals surface area contributed by atoms with E-state index in [9.17, 15) is 13.7 Å². The van der Waals surface area contributed by atoms with Crippen LogP contribution in [0.15, 0.2) is 42.6 Å². The number of likely N-dealkylation sites (tertiary alicyclic amines) is 1. The minimum Gasteiger partial charge on any atom is -0.491 e. The highest BCUT2D eigenvalue weighted by atomic mass is 35.5. The molecule has 5 rings (SSSR count). The van der Waals surface area contributed by atoms with Crippen LogP contribution < -0.4 is 4.74 Å². The molecule has 0 atom stereocenters. The van der Waals surface area contributed by atoms with E-state index in [-0.39, 0.29) is 5.54 Å². The summed E-state index contributed by atoms with van der Waals surface area (Å²) in [4.78, 5) is 2.33. The molecule has 9 heteroatoms. The lowest BCUT2D eigenvalue weighted by molar-refractivity contribution is -0.0716. The Bertz CT molecular complexity index is 1420. The summed E-state index contributed by atoms with van der Waals surface area (Å²) in [7, 11) is -3.11. The van der Waals surface area contributed by atoms with Crippen molar-refractivity contribution in [3.8, 4) is 17.5 Å². The minimum absolute atomic E-state index is 0.157. The molecule has 1 aromatic heterocycles. The van der Waals surface area contributed by atoms with Crippen LogP contribution in [0.25, 0.3) is 16.6 Å². The molecular formula is C26H29ClN4O3S. The molecule has 184 valence electrons. The van der Waals surface area contributed by atoms with E-state index < -0.39 is 10.0 Å². The monoisotopic (exact) mass is 512 g/mol. The Morgan fingerprint density at radius 2 is 2.00 bits per heavy atom. The number of nitrogens with zero attached hydrogens (tertiary/aromatic N) is 4. The van der Waals surface area contributed by atoms with Gasteiger partial charge in [-0.15, -0.1) is 0 Å². The lowest BCUT2D eigenvalue weighted by Gasteiger charge is -2.61.